The molecule has 4 rings (SSSR count). The van der Waals surface area contributed by atoms with E-state index in [2.05, 4.69) is 15.4 Å². The van der Waals surface area contributed by atoms with Crippen LogP contribution in [-0.2, 0) is 51.7 Å². The van der Waals surface area contributed by atoms with Gasteiger partial charge in [-0.05, 0) is 33.1 Å². The Morgan fingerprint density at radius 1 is 0.978 bits per heavy atom. The van der Waals surface area contributed by atoms with Crippen molar-refractivity contribution in [3.8, 4) is 0 Å². The van der Waals surface area contributed by atoms with Crippen LogP contribution in [0.3, 0.4) is 0 Å². The summed E-state index contributed by atoms with van der Waals surface area (Å²) < 4.78 is 47.8. The third kappa shape index (κ3) is 7.22. The van der Waals surface area contributed by atoms with Crippen molar-refractivity contribution in [1.29, 1.82) is 0 Å². The highest BCUT2D eigenvalue weighted by molar-refractivity contribution is 7.55. The lowest BCUT2D eigenvalue weighted by Crippen LogP contribution is -2.42. The number of carboxylic acid groups (broad SMARTS) is 1. The summed E-state index contributed by atoms with van der Waals surface area (Å²) in [4.78, 5) is 64.6. The minimum absolute atomic E-state index is 0.0935. The maximum absolute atomic E-state index is 14.3. The number of rotatable bonds is 13. The molecule has 2 aromatic heterocycles. The Balaban J connectivity index is 1.96. The molecular formula is C26H37N6O13P. The molecule has 2 saturated heterocycles. The number of carboxylic acids is 1. The van der Waals surface area contributed by atoms with Crippen LogP contribution in [0.4, 0.5) is 5.82 Å². The summed E-state index contributed by atoms with van der Waals surface area (Å²) in [5, 5.41) is 23.0. The lowest BCUT2D eigenvalue weighted by atomic mass is 10.1. The average Bonchev–Trinajstić information content (AvgIpc) is 3.51. The number of aliphatic carboxylic acids is 1. The molecule has 2 aliphatic rings. The predicted octanol–water partition coefficient (Wildman–Crippen LogP) is 1.15. The molecule has 0 spiro atoms. The van der Waals surface area contributed by atoms with E-state index in [1.165, 1.54) is 13.8 Å². The zero-order chi connectivity index (χ0) is 33.8. The second kappa shape index (κ2) is 14.7. The maximum atomic E-state index is 14.3. The molecule has 4 heterocycles. The van der Waals surface area contributed by atoms with Crippen LogP contribution in [0.1, 0.15) is 65.9 Å². The van der Waals surface area contributed by atoms with E-state index >= 15 is 0 Å². The molecule has 0 bridgehead atoms. The number of hydrogen-bond donors (Lipinski definition) is 1. The van der Waals surface area contributed by atoms with Gasteiger partial charge in [-0.3, -0.25) is 23.7 Å². The summed E-state index contributed by atoms with van der Waals surface area (Å²) >= 11 is 0. The van der Waals surface area contributed by atoms with E-state index in [0.717, 1.165) is 44.7 Å². The van der Waals surface area contributed by atoms with Gasteiger partial charge in [-0.25, -0.2) is 9.48 Å². The van der Waals surface area contributed by atoms with Gasteiger partial charge in [0.1, 0.15) is 12.7 Å². The topological polar surface area (TPSA) is 230 Å². The summed E-state index contributed by atoms with van der Waals surface area (Å²) in [5.41, 5.74) is -1.55. The van der Waals surface area contributed by atoms with Crippen LogP contribution in [0.15, 0.2) is 4.79 Å². The summed E-state index contributed by atoms with van der Waals surface area (Å²) in [6, 6.07) is 0. The smallest absolute Gasteiger partial charge is 0.366 e. The first-order chi connectivity index (χ1) is 21.8. The number of piperidine rings is 1. The minimum Gasteiger partial charge on any atom is -0.479 e. The minimum atomic E-state index is -4.50. The number of fused-ring (bicyclic) bond motifs is 1. The number of nitrogens with zero attached hydrogens (tertiary/aromatic N) is 6. The molecule has 0 aromatic carbocycles. The molecule has 5 atom stereocenters. The van der Waals surface area contributed by atoms with Crippen molar-refractivity contribution in [2.45, 2.75) is 84.2 Å². The molecule has 1 N–H and O–H groups in total. The largest absolute Gasteiger partial charge is 0.479 e. The normalized spacial score (nSPS) is 22.4. The van der Waals surface area contributed by atoms with Crippen LogP contribution < -0.4 is 10.5 Å². The van der Waals surface area contributed by atoms with Crippen LogP contribution in [0, 0.1) is 0 Å². The highest BCUT2D eigenvalue weighted by Crippen LogP contribution is 2.59. The number of ether oxygens (including phenoxy) is 4. The Hall–Kier alpha value is -3.93. The first kappa shape index (κ1) is 34.9. The second-order valence-corrected chi connectivity index (χ2v) is 12.5. The van der Waals surface area contributed by atoms with Crippen LogP contribution in [0.5, 0.6) is 0 Å². The third-order valence-corrected chi connectivity index (χ3v) is 9.40. The molecule has 0 aliphatic carbocycles. The standard InChI is InChI=1S/C26H37N6O13P/c1-6-41-46(39,42-7-2)25(26(37)38)31-19-18(22(28-31)30-11-9-8-10-12-30)27-29-32(23(19)36)24-21(44-16(5)35)20(43-15(4)34)17(45-24)13-40-14(3)33/h17,20-21,24-25H,6-13H2,1-5H3,(H,37,38). The quantitative estimate of drug-likeness (QED) is 0.179. The lowest BCUT2D eigenvalue weighted by molar-refractivity contribution is -0.166. The average molecular weight is 673 g/mol. The first-order valence-corrected chi connectivity index (χ1v) is 16.3. The molecular weight excluding hydrogens is 635 g/mol. The molecule has 5 unspecified atom stereocenters. The fourth-order valence-corrected chi connectivity index (χ4v) is 7.19. The van der Waals surface area contributed by atoms with E-state index in [9.17, 15) is 33.6 Å². The zero-order valence-corrected chi connectivity index (χ0v) is 26.9. The number of hydrogen-bond acceptors (Lipinski definition) is 16. The van der Waals surface area contributed by atoms with E-state index < -0.39 is 79.5 Å². The summed E-state index contributed by atoms with van der Waals surface area (Å²) in [7, 11) is -4.50. The Labute approximate surface area is 262 Å². The van der Waals surface area contributed by atoms with E-state index in [4.69, 9.17) is 28.0 Å². The Morgan fingerprint density at radius 2 is 1.59 bits per heavy atom. The van der Waals surface area contributed by atoms with E-state index in [1.807, 2.05) is 4.90 Å². The Morgan fingerprint density at radius 3 is 2.13 bits per heavy atom. The van der Waals surface area contributed by atoms with Crippen LogP contribution in [0.25, 0.3) is 11.0 Å². The monoisotopic (exact) mass is 672 g/mol. The molecule has 254 valence electrons. The Kier molecular flexibility index (Phi) is 11.1. The number of carbonyl (C=O) groups excluding carboxylic acids is 3. The van der Waals surface area contributed by atoms with Gasteiger partial charge in [-0.1, -0.05) is 5.21 Å². The van der Waals surface area contributed by atoms with Crippen molar-refractivity contribution in [2.24, 2.45) is 0 Å². The molecule has 0 amide bonds. The van der Waals surface area contributed by atoms with Gasteiger partial charge in [0, 0.05) is 33.9 Å². The lowest BCUT2D eigenvalue weighted by Gasteiger charge is -2.26. The third-order valence-electron chi connectivity index (χ3n) is 7.13. The van der Waals surface area contributed by atoms with Gasteiger partial charge in [-0.15, -0.1) is 5.10 Å². The van der Waals surface area contributed by atoms with Crippen molar-refractivity contribution < 1.29 is 56.8 Å². The Bertz CT molecular complexity index is 1560. The highest BCUT2D eigenvalue weighted by Gasteiger charge is 2.52. The van der Waals surface area contributed by atoms with Gasteiger partial charge in [-0.2, -0.15) is 9.78 Å². The summed E-state index contributed by atoms with van der Waals surface area (Å²) in [5.74, 6) is -5.94. The fraction of sp³-hybridized carbons (Fsp3) is 0.692. The van der Waals surface area contributed by atoms with Gasteiger partial charge >= 0.3 is 31.5 Å². The van der Waals surface area contributed by atoms with Crippen molar-refractivity contribution >= 4 is 48.3 Å². The molecule has 2 aromatic rings. The second-order valence-electron chi connectivity index (χ2n) is 10.5. The highest BCUT2D eigenvalue weighted by atomic mass is 31.2. The molecule has 19 nitrogen and oxygen atoms in total. The predicted molar refractivity (Wildman–Crippen MR) is 155 cm³/mol. The van der Waals surface area contributed by atoms with Gasteiger partial charge in [0.05, 0.1) is 13.2 Å². The van der Waals surface area contributed by atoms with Crippen LogP contribution in [0.2, 0.25) is 0 Å². The van der Waals surface area contributed by atoms with Crippen molar-refractivity contribution in [2.75, 3.05) is 37.8 Å². The van der Waals surface area contributed by atoms with Gasteiger partial charge in [0.25, 0.3) is 11.3 Å². The first-order valence-electron chi connectivity index (χ1n) is 14.7. The molecule has 0 radical (unpaired) electrons. The van der Waals surface area contributed by atoms with E-state index in [-0.39, 0.29) is 24.5 Å². The summed E-state index contributed by atoms with van der Waals surface area (Å²) in [6.45, 7) is 6.56. The molecule has 46 heavy (non-hydrogen) atoms. The van der Waals surface area contributed by atoms with Crippen LogP contribution >= 0.6 is 7.60 Å². The summed E-state index contributed by atoms with van der Waals surface area (Å²) in [6.07, 6.45) is -3.14. The number of anilines is 1. The van der Waals surface area contributed by atoms with Gasteiger partial charge < -0.3 is 38.0 Å². The maximum Gasteiger partial charge on any atom is 0.366 e. The molecule has 2 fully saturated rings. The van der Waals surface area contributed by atoms with Crippen molar-refractivity contribution in [3.63, 3.8) is 0 Å². The van der Waals surface area contributed by atoms with Gasteiger partial charge in [0.15, 0.2) is 35.3 Å². The fourth-order valence-electron chi connectivity index (χ4n) is 5.41. The molecule has 2 aliphatic heterocycles. The molecule has 20 heteroatoms. The zero-order valence-electron chi connectivity index (χ0n) is 26.0. The van der Waals surface area contributed by atoms with E-state index in [0.29, 0.717) is 17.8 Å². The SMILES string of the molecule is CCOP(=O)(OCC)C(C(=O)O)n1nc(N2CCCCC2)c2nnn(C3OC(COC(C)=O)C(OC(C)=O)C3OC(C)=O)c(=O)c21. The number of carbonyl (C=O) groups is 4. The van der Waals surface area contributed by atoms with E-state index in [1.54, 1.807) is 0 Å². The van der Waals surface area contributed by atoms with Crippen molar-refractivity contribution in [3.05, 3.63) is 10.4 Å². The molecule has 0 saturated carbocycles. The van der Waals surface area contributed by atoms with Gasteiger partial charge in [0.2, 0.25) is 0 Å². The van der Waals surface area contributed by atoms with Crippen LogP contribution in [-0.4, -0.2) is 105 Å². The number of aromatic nitrogens is 5. The van der Waals surface area contributed by atoms with Crippen molar-refractivity contribution in [1.82, 2.24) is 24.8 Å². The number of esters is 3.